The second-order valence-corrected chi connectivity index (χ2v) is 5.78. The molecule has 0 aliphatic rings. The van der Waals surface area contributed by atoms with E-state index in [0.29, 0.717) is 0 Å². The van der Waals surface area contributed by atoms with E-state index in [-0.39, 0.29) is 4.60 Å². The Balaban J connectivity index is 3.65. The average molecular weight is 323 g/mol. The predicted octanol–water partition coefficient (Wildman–Crippen LogP) is 2.00. The summed E-state index contributed by atoms with van der Waals surface area (Å²) in [7, 11) is 0.553. The molecular weight excluding hydrogens is 319 g/mol. The van der Waals surface area contributed by atoms with Crippen LogP contribution in [0.25, 0.3) is 0 Å². The van der Waals surface area contributed by atoms with Crippen molar-refractivity contribution in [3.63, 3.8) is 0 Å². The number of alkyl halides is 2. The summed E-state index contributed by atoms with van der Waals surface area (Å²) in [6.07, 6.45) is -2.35. The van der Waals surface area contributed by atoms with E-state index in [0.717, 1.165) is 6.20 Å². The topological polar surface area (TPSA) is 67.0 Å². The van der Waals surface area contributed by atoms with Crippen molar-refractivity contribution < 1.29 is 17.2 Å². The zero-order valence-electron chi connectivity index (χ0n) is 6.80. The average Bonchev–Trinajstić information content (AvgIpc) is 2.00. The maximum Gasteiger partial charge on any atom is 0.270 e. The smallest absolute Gasteiger partial charge is 0.270 e. The summed E-state index contributed by atoms with van der Waals surface area (Å²) in [5.41, 5.74) is -2.28. The molecule has 0 bridgehead atoms. The summed E-state index contributed by atoms with van der Waals surface area (Å²) in [6.45, 7) is 0. The van der Waals surface area contributed by atoms with E-state index in [1.807, 2.05) is 0 Å². The Bertz CT molecular complexity index is 542. The van der Waals surface area contributed by atoms with Crippen LogP contribution in [0.4, 0.5) is 8.78 Å². The van der Waals surface area contributed by atoms with E-state index in [4.69, 9.17) is 10.7 Å². The Kier molecular flexibility index (Phi) is 3.51. The molecule has 0 aliphatic carbocycles. The van der Waals surface area contributed by atoms with Gasteiger partial charge in [-0.3, -0.25) is 4.79 Å². The molecule has 0 spiro atoms. The maximum atomic E-state index is 12.4. The first kappa shape index (κ1) is 12.6. The highest BCUT2D eigenvalue weighted by molar-refractivity contribution is 9.10. The number of rotatable bonds is 2. The third-order valence-electron chi connectivity index (χ3n) is 1.52. The highest BCUT2D eigenvalue weighted by Crippen LogP contribution is 2.24. The zero-order valence-corrected chi connectivity index (χ0v) is 9.96. The van der Waals surface area contributed by atoms with E-state index < -0.39 is 31.4 Å². The van der Waals surface area contributed by atoms with Crippen molar-refractivity contribution in [3.8, 4) is 0 Å². The highest BCUT2D eigenvalue weighted by Gasteiger charge is 2.24. The molecule has 0 fully saturated rings. The van der Waals surface area contributed by atoms with Crippen LogP contribution in [0.2, 0.25) is 0 Å². The van der Waals surface area contributed by atoms with Crippen LogP contribution in [0, 0.1) is 0 Å². The van der Waals surface area contributed by atoms with Crippen LogP contribution >= 0.6 is 26.6 Å². The van der Waals surface area contributed by atoms with Gasteiger partial charge in [0.05, 0.1) is 10.2 Å². The van der Waals surface area contributed by atoms with Crippen LogP contribution in [0.3, 0.4) is 0 Å². The van der Waals surface area contributed by atoms with Crippen LogP contribution in [0.1, 0.15) is 12.0 Å². The van der Waals surface area contributed by atoms with E-state index in [1.165, 1.54) is 0 Å². The van der Waals surface area contributed by atoms with Gasteiger partial charge in [0, 0.05) is 16.9 Å². The SMILES string of the molecule is O=c1c(S(=O)(=O)Cl)c[nH]c(Br)c1C(F)F. The third kappa shape index (κ3) is 2.56. The summed E-state index contributed by atoms with van der Waals surface area (Å²) in [5, 5.41) is 0. The molecule has 9 heteroatoms. The van der Waals surface area contributed by atoms with Gasteiger partial charge in [0.25, 0.3) is 15.5 Å². The first-order valence-corrected chi connectivity index (χ1v) is 6.49. The number of hydrogen-bond donors (Lipinski definition) is 1. The summed E-state index contributed by atoms with van der Waals surface area (Å²) in [4.78, 5) is 12.6. The first-order chi connectivity index (χ1) is 6.75. The van der Waals surface area contributed by atoms with Gasteiger partial charge in [0.1, 0.15) is 4.90 Å². The standard InChI is InChI=1S/C6H3BrClF2NO3S/c7-5-3(6(9)10)4(12)2(1-11-5)15(8,13)14/h1,6H,(H,11,12). The van der Waals surface area contributed by atoms with Crippen LogP contribution in [-0.2, 0) is 9.05 Å². The molecule has 0 amide bonds. The molecule has 1 rings (SSSR count). The minimum absolute atomic E-state index is 0.272. The molecule has 0 saturated heterocycles. The van der Waals surface area contributed by atoms with E-state index >= 15 is 0 Å². The lowest BCUT2D eigenvalue weighted by Gasteiger charge is -2.03. The van der Waals surface area contributed by atoms with Crippen molar-refractivity contribution in [2.45, 2.75) is 11.3 Å². The Morgan fingerprint density at radius 1 is 1.47 bits per heavy atom. The number of aromatic amines is 1. The van der Waals surface area contributed by atoms with E-state index in [2.05, 4.69) is 20.9 Å². The van der Waals surface area contributed by atoms with Gasteiger partial charge in [-0.2, -0.15) is 0 Å². The summed E-state index contributed by atoms with van der Waals surface area (Å²) in [6, 6.07) is 0. The largest absolute Gasteiger partial charge is 0.354 e. The van der Waals surface area contributed by atoms with Crippen molar-refractivity contribution in [1.29, 1.82) is 0 Å². The second kappa shape index (κ2) is 4.18. The lowest BCUT2D eigenvalue weighted by atomic mass is 10.3. The second-order valence-electron chi connectivity index (χ2n) is 2.45. The lowest BCUT2D eigenvalue weighted by Crippen LogP contribution is -2.17. The highest BCUT2D eigenvalue weighted by atomic mass is 79.9. The molecule has 0 aliphatic heterocycles. The Morgan fingerprint density at radius 2 is 2.00 bits per heavy atom. The number of halogens is 4. The molecule has 0 aromatic carbocycles. The van der Waals surface area contributed by atoms with Crippen LogP contribution < -0.4 is 5.43 Å². The molecule has 15 heavy (non-hydrogen) atoms. The Morgan fingerprint density at radius 3 is 2.40 bits per heavy atom. The maximum absolute atomic E-state index is 12.4. The van der Waals surface area contributed by atoms with Gasteiger partial charge >= 0.3 is 0 Å². The van der Waals surface area contributed by atoms with Crippen LogP contribution in [-0.4, -0.2) is 13.4 Å². The summed E-state index contributed by atoms with van der Waals surface area (Å²) >= 11 is 2.68. The number of aromatic nitrogens is 1. The fraction of sp³-hybridized carbons (Fsp3) is 0.167. The van der Waals surface area contributed by atoms with E-state index in [9.17, 15) is 22.0 Å². The molecule has 0 atom stereocenters. The van der Waals surface area contributed by atoms with E-state index in [1.54, 1.807) is 0 Å². The quantitative estimate of drug-likeness (QED) is 0.669. The minimum atomic E-state index is -4.33. The van der Waals surface area contributed by atoms with Crippen molar-refractivity contribution in [2.24, 2.45) is 0 Å². The van der Waals surface area contributed by atoms with Crippen molar-refractivity contribution in [2.75, 3.05) is 0 Å². The van der Waals surface area contributed by atoms with Gasteiger partial charge in [-0.05, 0) is 15.9 Å². The number of pyridine rings is 1. The third-order valence-corrected chi connectivity index (χ3v) is 3.50. The molecule has 0 saturated carbocycles. The normalized spacial score (nSPS) is 12.1. The zero-order chi connectivity index (χ0) is 11.8. The summed E-state index contributed by atoms with van der Waals surface area (Å²) < 4.78 is 46.1. The molecule has 1 N–H and O–H groups in total. The summed E-state index contributed by atoms with van der Waals surface area (Å²) in [5.74, 6) is 0. The van der Waals surface area contributed by atoms with Crippen molar-refractivity contribution >= 4 is 35.7 Å². The molecule has 0 radical (unpaired) electrons. The first-order valence-electron chi connectivity index (χ1n) is 3.39. The van der Waals surface area contributed by atoms with Gasteiger partial charge in [-0.25, -0.2) is 17.2 Å². The molecule has 4 nitrogen and oxygen atoms in total. The lowest BCUT2D eigenvalue weighted by molar-refractivity contribution is 0.148. The molecule has 1 aromatic rings. The van der Waals surface area contributed by atoms with Gasteiger partial charge in [-0.1, -0.05) is 0 Å². The van der Waals surface area contributed by atoms with Crippen LogP contribution in [0.15, 0.2) is 20.5 Å². The van der Waals surface area contributed by atoms with Crippen molar-refractivity contribution in [3.05, 3.63) is 26.6 Å². The fourth-order valence-corrected chi connectivity index (χ4v) is 2.22. The molecule has 1 heterocycles. The number of nitrogens with one attached hydrogen (secondary N) is 1. The molecule has 1 aromatic heterocycles. The number of H-pyrrole nitrogens is 1. The van der Waals surface area contributed by atoms with Gasteiger partial charge < -0.3 is 4.98 Å². The van der Waals surface area contributed by atoms with Gasteiger partial charge in [0.15, 0.2) is 0 Å². The van der Waals surface area contributed by atoms with Crippen molar-refractivity contribution in [1.82, 2.24) is 4.98 Å². The van der Waals surface area contributed by atoms with Gasteiger partial charge in [-0.15, -0.1) is 0 Å². The van der Waals surface area contributed by atoms with Crippen LogP contribution in [0.5, 0.6) is 0 Å². The Hall–Kier alpha value is -0.470. The molecular formula is C6H3BrClF2NO3S. The van der Waals surface area contributed by atoms with Gasteiger partial charge in [0.2, 0.25) is 5.43 Å². The monoisotopic (exact) mass is 321 g/mol. The minimum Gasteiger partial charge on any atom is -0.354 e. The number of hydrogen-bond acceptors (Lipinski definition) is 3. The Labute approximate surface area is 95.8 Å². The predicted molar refractivity (Wildman–Crippen MR) is 52.8 cm³/mol. The fourth-order valence-electron chi connectivity index (χ4n) is 0.881. The molecule has 84 valence electrons. The molecule has 0 unspecified atom stereocenters.